The zero-order chi connectivity index (χ0) is 14.7. The van der Waals surface area contributed by atoms with Gasteiger partial charge in [0.2, 0.25) is 0 Å². The molecule has 0 aliphatic heterocycles. The molecule has 0 aliphatic rings. The number of nitrogen functional groups attached to an aromatic ring is 4. The van der Waals surface area contributed by atoms with Gasteiger partial charge < -0.3 is 27.7 Å². The number of hydrogen-bond donors (Lipinski definition) is 4. The minimum atomic E-state index is 0.538. The third kappa shape index (κ3) is 2.95. The van der Waals surface area contributed by atoms with E-state index in [4.69, 9.17) is 27.7 Å². The summed E-state index contributed by atoms with van der Waals surface area (Å²) in [5.74, 6) is 0. The molecule has 2 aromatic carbocycles. The number of ether oxygens (including phenoxy) is 1. The van der Waals surface area contributed by atoms with E-state index in [9.17, 15) is 0 Å². The van der Waals surface area contributed by atoms with Gasteiger partial charge in [-0.2, -0.15) is 0 Å². The van der Waals surface area contributed by atoms with Gasteiger partial charge in [-0.25, -0.2) is 0 Å². The van der Waals surface area contributed by atoms with Crippen molar-refractivity contribution in [2.75, 3.05) is 36.7 Å². The maximum atomic E-state index is 6.07. The molecule has 0 aliphatic carbocycles. The number of rotatable bonds is 4. The van der Waals surface area contributed by atoms with Crippen LogP contribution in [0, 0.1) is 0 Å². The van der Waals surface area contributed by atoms with Crippen LogP contribution in [0.15, 0.2) is 30.3 Å². The van der Waals surface area contributed by atoms with Gasteiger partial charge in [0.15, 0.2) is 0 Å². The highest BCUT2D eigenvalue weighted by Gasteiger charge is 2.09. The molecular weight excluding hydrogens is 252 g/mol. The van der Waals surface area contributed by atoms with E-state index in [1.807, 2.05) is 24.3 Å². The Hall–Kier alpha value is -2.40. The summed E-state index contributed by atoms with van der Waals surface area (Å²) < 4.78 is 5.09. The van der Waals surface area contributed by atoms with Gasteiger partial charge in [-0.05, 0) is 47.9 Å². The van der Waals surface area contributed by atoms with Crippen molar-refractivity contribution >= 4 is 22.7 Å². The molecule has 0 spiro atoms. The normalized spacial score (nSPS) is 10.7. The average Bonchev–Trinajstić information content (AvgIpc) is 2.38. The lowest BCUT2D eigenvalue weighted by Gasteiger charge is -2.13. The average molecular weight is 272 g/mol. The van der Waals surface area contributed by atoms with Gasteiger partial charge in [0, 0.05) is 24.0 Å². The molecule has 0 radical (unpaired) electrons. The van der Waals surface area contributed by atoms with Crippen LogP contribution in [0.1, 0.15) is 5.56 Å². The fraction of sp³-hybridized carbons (Fsp3) is 0.200. The monoisotopic (exact) mass is 272 g/mol. The van der Waals surface area contributed by atoms with Gasteiger partial charge >= 0.3 is 0 Å². The summed E-state index contributed by atoms with van der Waals surface area (Å²) in [6.07, 6.45) is 0.770. The summed E-state index contributed by atoms with van der Waals surface area (Å²) in [6.45, 7) is 0.627. The third-order valence-electron chi connectivity index (χ3n) is 3.16. The predicted molar refractivity (Wildman–Crippen MR) is 85.1 cm³/mol. The first-order valence-corrected chi connectivity index (χ1v) is 6.34. The van der Waals surface area contributed by atoms with Crippen molar-refractivity contribution in [1.29, 1.82) is 0 Å². The second-order valence-electron chi connectivity index (χ2n) is 4.78. The molecule has 5 nitrogen and oxygen atoms in total. The Balaban J connectivity index is 2.51. The quantitative estimate of drug-likeness (QED) is 0.634. The number of anilines is 4. The summed E-state index contributed by atoms with van der Waals surface area (Å²) in [6, 6.07) is 9.24. The van der Waals surface area contributed by atoms with Crippen molar-refractivity contribution in [3.05, 3.63) is 35.9 Å². The third-order valence-corrected chi connectivity index (χ3v) is 3.16. The zero-order valence-electron chi connectivity index (χ0n) is 11.5. The molecule has 0 unspecified atom stereocenters. The Kier molecular flexibility index (Phi) is 4.00. The minimum absolute atomic E-state index is 0.538. The molecule has 20 heavy (non-hydrogen) atoms. The Labute approximate surface area is 118 Å². The van der Waals surface area contributed by atoms with E-state index in [-0.39, 0.29) is 0 Å². The lowest BCUT2D eigenvalue weighted by atomic mass is 9.98. The van der Waals surface area contributed by atoms with Crippen LogP contribution in [-0.2, 0) is 11.2 Å². The van der Waals surface area contributed by atoms with Crippen molar-refractivity contribution in [3.8, 4) is 11.1 Å². The van der Waals surface area contributed by atoms with Crippen molar-refractivity contribution in [1.82, 2.24) is 0 Å². The van der Waals surface area contributed by atoms with E-state index < -0.39 is 0 Å². The highest BCUT2D eigenvalue weighted by molar-refractivity contribution is 5.87. The number of methoxy groups -OCH3 is 1. The molecule has 106 valence electrons. The Morgan fingerprint density at radius 3 is 2.15 bits per heavy atom. The Morgan fingerprint density at radius 2 is 1.55 bits per heavy atom. The van der Waals surface area contributed by atoms with Gasteiger partial charge in [0.25, 0.3) is 0 Å². The van der Waals surface area contributed by atoms with Crippen LogP contribution in [0.3, 0.4) is 0 Å². The predicted octanol–water partition coefficient (Wildman–Crippen LogP) is 1.87. The largest absolute Gasteiger partial charge is 0.399 e. The SMILES string of the molecule is COCCc1cc(N)c(N)c(-c2cc(N)cc(N)c2)c1. The molecule has 0 bridgehead atoms. The summed E-state index contributed by atoms with van der Waals surface area (Å²) in [7, 11) is 1.67. The molecule has 0 aromatic heterocycles. The molecule has 0 saturated heterocycles. The fourth-order valence-corrected chi connectivity index (χ4v) is 2.17. The molecule has 8 N–H and O–H groups in total. The minimum Gasteiger partial charge on any atom is -0.399 e. The van der Waals surface area contributed by atoms with Crippen molar-refractivity contribution < 1.29 is 4.74 Å². The van der Waals surface area contributed by atoms with Crippen LogP contribution in [0.4, 0.5) is 22.7 Å². The maximum Gasteiger partial charge on any atom is 0.0627 e. The van der Waals surface area contributed by atoms with E-state index in [1.165, 1.54) is 0 Å². The second kappa shape index (κ2) is 5.71. The van der Waals surface area contributed by atoms with Crippen LogP contribution >= 0.6 is 0 Å². The van der Waals surface area contributed by atoms with Gasteiger partial charge in [-0.15, -0.1) is 0 Å². The molecule has 0 fully saturated rings. The van der Waals surface area contributed by atoms with Crippen molar-refractivity contribution in [2.45, 2.75) is 6.42 Å². The first-order valence-electron chi connectivity index (χ1n) is 6.34. The maximum absolute atomic E-state index is 6.07. The summed E-state index contributed by atoms with van der Waals surface area (Å²) in [5, 5.41) is 0. The lowest BCUT2D eigenvalue weighted by molar-refractivity contribution is 0.202. The van der Waals surface area contributed by atoms with Crippen LogP contribution in [-0.4, -0.2) is 13.7 Å². The molecule has 2 rings (SSSR count). The van der Waals surface area contributed by atoms with E-state index in [0.717, 1.165) is 23.1 Å². The van der Waals surface area contributed by atoms with E-state index in [2.05, 4.69) is 0 Å². The van der Waals surface area contributed by atoms with Gasteiger partial charge in [-0.1, -0.05) is 0 Å². The number of nitrogens with two attached hydrogens (primary N) is 4. The molecule has 0 saturated carbocycles. The van der Waals surface area contributed by atoms with Crippen molar-refractivity contribution in [2.24, 2.45) is 0 Å². The van der Waals surface area contributed by atoms with Crippen LogP contribution in [0.2, 0.25) is 0 Å². The molecule has 5 heteroatoms. The van der Waals surface area contributed by atoms with Crippen LogP contribution < -0.4 is 22.9 Å². The fourth-order valence-electron chi connectivity index (χ4n) is 2.17. The first kappa shape index (κ1) is 14.0. The summed E-state index contributed by atoms with van der Waals surface area (Å²) in [4.78, 5) is 0. The van der Waals surface area contributed by atoms with Gasteiger partial charge in [0.05, 0.1) is 18.0 Å². The van der Waals surface area contributed by atoms with E-state index in [0.29, 0.717) is 29.4 Å². The van der Waals surface area contributed by atoms with Crippen molar-refractivity contribution in [3.63, 3.8) is 0 Å². The topological polar surface area (TPSA) is 113 Å². The Bertz CT molecular complexity index is 605. The zero-order valence-corrected chi connectivity index (χ0v) is 11.5. The highest BCUT2D eigenvalue weighted by Crippen LogP contribution is 2.34. The van der Waals surface area contributed by atoms with Crippen LogP contribution in [0.25, 0.3) is 11.1 Å². The van der Waals surface area contributed by atoms with E-state index in [1.54, 1.807) is 13.2 Å². The first-order chi connectivity index (χ1) is 9.51. The molecule has 0 atom stereocenters. The van der Waals surface area contributed by atoms with Crippen LogP contribution in [0.5, 0.6) is 0 Å². The smallest absolute Gasteiger partial charge is 0.0627 e. The molecule has 2 aromatic rings. The number of benzene rings is 2. The second-order valence-corrected chi connectivity index (χ2v) is 4.78. The summed E-state index contributed by atoms with van der Waals surface area (Å²) in [5.41, 5.74) is 28.8. The van der Waals surface area contributed by atoms with Gasteiger partial charge in [0.1, 0.15) is 0 Å². The standard InChI is InChI=1S/C15H20N4O/c1-20-3-2-9-4-13(15(19)14(18)5-9)10-6-11(16)8-12(17)7-10/h4-8H,2-3,16-19H2,1H3. The highest BCUT2D eigenvalue weighted by atomic mass is 16.5. The molecule has 0 amide bonds. The van der Waals surface area contributed by atoms with Gasteiger partial charge in [-0.3, -0.25) is 0 Å². The molecule has 0 heterocycles. The number of hydrogen-bond acceptors (Lipinski definition) is 5. The lowest BCUT2D eigenvalue weighted by Crippen LogP contribution is -2.02. The molecular formula is C15H20N4O. The summed E-state index contributed by atoms with van der Waals surface area (Å²) >= 11 is 0. The Morgan fingerprint density at radius 1 is 0.900 bits per heavy atom. The van der Waals surface area contributed by atoms with E-state index >= 15 is 0 Å².